The fourth-order valence-corrected chi connectivity index (χ4v) is 14.8. The van der Waals surface area contributed by atoms with E-state index in [-0.39, 0.29) is 12.2 Å². The van der Waals surface area contributed by atoms with Crippen LogP contribution in [0.4, 0.5) is 0 Å². The summed E-state index contributed by atoms with van der Waals surface area (Å²) in [6, 6.07) is 64.6. The van der Waals surface area contributed by atoms with E-state index in [0.29, 0.717) is 28.5 Å². The summed E-state index contributed by atoms with van der Waals surface area (Å²) in [6.07, 6.45) is 4.51. The van der Waals surface area contributed by atoms with E-state index in [1.54, 1.807) is 36.9 Å². The molecular weight excluding hydrogens is 791 g/mol. The third kappa shape index (κ3) is 5.77. The van der Waals surface area contributed by atoms with E-state index in [0.717, 1.165) is 54.3 Å². The Balaban J connectivity index is 1.19. The Morgan fingerprint density at radius 3 is 1.86 bits per heavy atom. The topological polar surface area (TPSA) is 83.0 Å². The van der Waals surface area contributed by atoms with Crippen LogP contribution < -0.4 is 25.5 Å². The fraction of sp³-hybridized carbons (Fsp3) is 0.0556. The van der Waals surface area contributed by atoms with Crippen molar-refractivity contribution in [2.24, 2.45) is 0 Å². The molecule has 0 saturated heterocycles. The molecule has 0 bridgehead atoms. The summed E-state index contributed by atoms with van der Waals surface area (Å²) in [5.41, 5.74) is 4.93. The lowest BCUT2D eigenvalue weighted by Gasteiger charge is -2.43. The average molecular weight is 832 g/mol. The number of aromatic nitrogens is 7. The summed E-state index contributed by atoms with van der Waals surface area (Å²) in [5, 5.41) is 4.36. The molecule has 1 aliphatic rings. The lowest BCUT2D eigenvalue weighted by atomic mass is 9.67. The zero-order chi connectivity index (χ0) is 43.6. The average Bonchev–Trinajstić information content (AvgIpc) is 3.90. The van der Waals surface area contributed by atoms with Crippen molar-refractivity contribution in [3.63, 3.8) is 0 Å². The van der Waals surface area contributed by atoms with E-state index in [2.05, 4.69) is 158 Å². The number of rotatable bonds is 9. The molecule has 4 aromatic heterocycles. The van der Waals surface area contributed by atoms with Crippen LogP contribution >= 0.6 is 0 Å². The van der Waals surface area contributed by atoms with Gasteiger partial charge >= 0.3 is 0 Å². The van der Waals surface area contributed by atoms with Crippen LogP contribution in [0.5, 0.6) is 11.5 Å². The van der Waals surface area contributed by atoms with Crippen molar-refractivity contribution in [1.82, 2.24) is 33.9 Å². The van der Waals surface area contributed by atoms with Crippen molar-refractivity contribution in [3.8, 4) is 17.2 Å². The lowest BCUT2D eigenvalue weighted by Crippen LogP contribution is -2.75. The number of hydrogen-bond acceptors (Lipinski definition) is 6. The quantitative estimate of drug-likeness (QED) is 0.108. The zero-order valence-corrected chi connectivity index (χ0v) is 35.0. The molecular formula is C54H39N7OSi. The van der Waals surface area contributed by atoms with Crippen LogP contribution in [0, 0.1) is 0 Å². The van der Waals surface area contributed by atoms with Crippen molar-refractivity contribution in [2.75, 3.05) is 0 Å². The SMILES string of the molecule is [2H]C([2H])(c1ncccn1)C1(Cc2ncccn2)c2ccccc2Oc2c1cccc2[Si](c1ccccc1)(c1ccccc1)c1cccc(-n2c3ccccc3n3c4ccccc4nc23)c1. The van der Waals surface area contributed by atoms with Crippen LogP contribution in [-0.2, 0) is 18.2 Å². The summed E-state index contributed by atoms with van der Waals surface area (Å²) >= 11 is 0. The minimum absolute atomic E-state index is 0.0585. The van der Waals surface area contributed by atoms with Gasteiger partial charge in [-0.05, 0) is 75.3 Å². The highest BCUT2D eigenvalue weighted by Gasteiger charge is 2.50. The number of benzene rings is 7. The van der Waals surface area contributed by atoms with E-state index >= 15 is 0 Å². The zero-order valence-electron chi connectivity index (χ0n) is 36.0. The molecule has 7 aromatic carbocycles. The molecule has 0 saturated carbocycles. The Morgan fingerprint density at radius 1 is 0.524 bits per heavy atom. The molecule has 9 heteroatoms. The Hall–Kier alpha value is -8.01. The summed E-state index contributed by atoms with van der Waals surface area (Å²) in [7, 11) is -3.45. The Bertz CT molecular complexity index is 3510. The van der Waals surface area contributed by atoms with Crippen LogP contribution in [-0.4, -0.2) is 42.0 Å². The molecule has 0 amide bonds. The van der Waals surface area contributed by atoms with Crippen molar-refractivity contribution >= 4 is 56.7 Å². The summed E-state index contributed by atoms with van der Waals surface area (Å²) in [4.78, 5) is 23.9. The van der Waals surface area contributed by atoms with Crippen LogP contribution in [0.15, 0.2) is 213 Å². The molecule has 11 aromatic rings. The monoisotopic (exact) mass is 831 g/mol. The van der Waals surface area contributed by atoms with Crippen molar-refractivity contribution in [3.05, 3.63) is 236 Å². The third-order valence-corrected chi connectivity index (χ3v) is 17.2. The largest absolute Gasteiger partial charge is 0.457 e. The van der Waals surface area contributed by atoms with Crippen molar-refractivity contribution in [1.29, 1.82) is 0 Å². The van der Waals surface area contributed by atoms with Gasteiger partial charge in [-0.3, -0.25) is 8.97 Å². The predicted octanol–water partition coefficient (Wildman–Crippen LogP) is 8.27. The highest BCUT2D eigenvalue weighted by atomic mass is 28.3. The van der Waals surface area contributed by atoms with Crippen LogP contribution in [0.25, 0.3) is 33.5 Å². The molecule has 0 fully saturated rings. The molecule has 8 nitrogen and oxygen atoms in total. The second-order valence-corrected chi connectivity index (χ2v) is 19.6. The normalized spacial score (nSPS) is 15.4. The molecule has 1 unspecified atom stereocenters. The maximum atomic E-state index is 10.4. The number of nitrogens with zero attached hydrogens (tertiary/aromatic N) is 7. The minimum atomic E-state index is -3.45. The number of hydrogen-bond donors (Lipinski definition) is 0. The van der Waals surface area contributed by atoms with Gasteiger partial charge in [0.05, 0.1) is 22.1 Å². The second kappa shape index (κ2) is 14.9. The van der Waals surface area contributed by atoms with Gasteiger partial charge in [0, 0.05) is 62.6 Å². The van der Waals surface area contributed by atoms with Gasteiger partial charge in [-0.15, -0.1) is 0 Å². The maximum Gasteiger partial charge on any atom is 0.220 e. The first kappa shape index (κ1) is 34.7. The molecule has 1 aliphatic heterocycles. The van der Waals surface area contributed by atoms with E-state index < -0.39 is 19.9 Å². The van der Waals surface area contributed by atoms with Crippen molar-refractivity contribution in [2.45, 2.75) is 18.2 Å². The number of ether oxygens (including phenoxy) is 1. The molecule has 63 heavy (non-hydrogen) atoms. The highest BCUT2D eigenvalue weighted by Crippen LogP contribution is 2.51. The van der Waals surface area contributed by atoms with Crippen LogP contribution in [0.1, 0.15) is 25.5 Å². The van der Waals surface area contributed by atoms with Gasteiger partial charge in [-0.1, -0.05) is 133 Å². The van der Waals surface area contributed by atoms with Crippen LogP contribution in [0.2, 0.25) is 0 Å². The molecule has 0 spiro atoms. The molecule has 0 aliphatic carbocycles. The van der Waals surface area contributed by atoms with E-state index in [1.165, 1.54) is 0 Å². The highest BCUT2D eigenvalue weighted by molar-refractivity contribution is 7.20. The van der Waals surface area contributed by atoms with Gasteiger partial charge in [-0.2, -0.15) is 0 Å². The van der Waals surface area contributed by atoms with Crippen molar-refractivity contribution < 1.29 is 7.48 Å². The van der Waals surface area contributed by atoms with E-state index in [9.17, 15) is 2.74 Å². The van der Waals surface area contributed by atoms with E-state index in [4.69, 9.17) is 19.7 Å². The Labute approximate surface area is 367 Å². The number of para-hydroxylation sites is 6. The van der Waals surface area contributed by atoms with E-state index in [1.807, 2.05) is 36.4 Å². The number of imidazole rings is 2. The van der Waals surface area contributed by atoms with Gasteiger partial charge in [0.2, 0.25) is 5.78 Å². The molecule has 5 heterocycles. The first-order valence-corrected chi connectivity index (χ1v) is 23.0. The first-order chi connectivity index (χ1) is 32.0. The lowest BCUT2D eigenvalue weighted by molar-refractivity contribution is 0.379. The molecule has 12 rings (SSSR count). The smallest absolute Gasteiger partial charge is 0.220 e. The molecule has 0 N–H and O–H groups in total. The molecule has 300 valence electrons. The Morgan fingerprint density at radius 2 is 1.11 bits per heavy atom. The van der Waals surface area contributed by atoms with Gasteiger partial charge < -0.3 is 4.74 Å². The fourth-order valence-electron chi connectivity index (χ4n) is 9.85. The summed E-state index contributed by atoms with van der Waals surface area (Å²) in [5.74, 6) is 2.52. The third-order valence-electron chi connectivity index (χ3n) is 12.4. The van der Waals surface area contributed by atoms with Crippen LogP contribution in [0.3, 0.4) is 0 Å². The molecule has 1 atom stereocenters. The summed E-state index contributed by atoms with van der Waals surface area (Å²) < 4.78 is 32.5. The standard InChI is InChI=1S/C54H39N7OSi/c1-3-18-39(19-4-1)63(40-20-5-2-6-21-40,41-22-13-17-38(35-41)60-46-27-10-11-28-47(46)61-45-26-9-8-25-44(45)59-53(60)61)49-30-14-24-43-52(49)62-48-29-12-7-23-42(48)54(43,36-50-55-31-15-32-56-50)37-51-57-33-16-34-58-51/h1-35H,36-37H2/i36D2. The van der Waals surface area contributed by atoms with Gasteiger partial charge in [0.25, 0.3) is 0 Å². The summed E-state index contributed by atoms with van der Waals surface area (Å²) in [6.45, 7) is 0. The Kier molecular flexibility index (Phi) is 8.18. The predicted molar refractivity (Wildman–Crippen MR) is 252 cm³/mol. The maximum absolute atomic E-state index is 10.4. The number of fused-ring (bicyclic) bond motifs is 7. The van der Waals surface area contributed by atoms with Gasteiger partial charge in [-0.25, -0.2) is 24.9 Å². The first-order valence-electron chi connectivity index (χ1n) is 22.0. The second-order valence-electron chi connectivity index (χ2n) is 15.8. The van der Waals surface area contributed by atoms with Gasteiger partial charge in [0.15, 0.2) is 8.07 Å². The molecule has 0 radical (unpaired) electrons. The minimum Gasteiger partial charge on any atom is -0.457 e. The van der Waals surface area contributed by atoms with Gasteiger partial charge in [0.1, 0.15) is 23.1 Å².